The molecule has 2 N–H and O–H groups in total. The van der Waals surface area contributed by atoms with Gasteiger partial charge in [0.1, 0.15) is 0 Å². The Morgan fingerprint density at radius 2 is 2.00 bits per heavy atom. The van der Waals surface area contributed by atoms with E-state index in [0.29, 0.717) is 0 Å². The summed E-state index contributed by atoms with van der Waals surface area (Å²) in [6, 6.07) is 0. The van der Waals surface area contributed by atoms with Crippen molar-refractivity contribution in [1.82, 2.24) is 0 Å². The second kappa shape index (κ2) is 4.00. The van der Waals surface area contributed by atoms with Gasteiger partial charge in [0.2, 0.25) is 0 Å². The molecule has 0 aliphatic rings. The molecule has 0 aromatic carbocycles. The Hall–Kier alpha value is -0.900. The molecule has 0 amide bonds. The Balaban J connectivity index is 3.70. The summed E-state index contributed by atoms with van der Waals surface area (Å²) >= 11 is 0. The molecule has 0 unspecified atom stereocenters. The van der Waals surface area contributed by atoms with Crippen molar-refractivity contribution in [2.75, 3.05) is 0 Å². The van der Waals surface area contributed by atoms with Gasteiger partial charge in [-0.1, -0.05) is 17.9 Å². The zero-order chi connectivity index (χ0) is 8.04. The van der Waals surface area contributed by atoms with E-state index < -0.39 is 0 Å². The smallest absolute Gasteiger partial charge is 0.0286 e. The first kappa shape index (κ1) is 9.10. The molecular formula is C9H15N. The second-order valence-electron chi connectivity index (χ2n) is 3.18. The van der Waals surface area contributed by atoms with Gasteiger partial charge in [0.25, 0.3) is 0 Å². The normalized spacial score (nSPS) is 11.1. The third-order valence-corrected chi connectivity index (χ3v) is 0.819. The maximum Gasteiger partial charge on any atom is 0.0286 e. The Morgan fingerprint density at radius 1 is 1.40 bits per heavy atom. The summed E-state index contributed by atoms with van der Waals surface area (Å²) in [7, 11) is 0. The summed E-state index contributed by atoms with van der Waals surface area (Å²) in [5, 5.41) is 0. The van der Waals surface area contributed by atoms with Crippen molar-refractivity contribution in [3.63, 3.8) is 0 Å². The van der Waals surface area contributed by atoms with Crippen molar-refractivity contribution in [2.24, 2.45) is 11.1 Å². The topological polar surface area (TPSA) is 26.0 Å². The van der Waals surface area contributed by atoms with Gasteiger partial charge < -0.3 is 5.73 Å². The molecule has 0 fully saturated rings. The van der Waals surface area contributed by atoms with Gasteiger partial charge in [-0.3, -0.25) is 0 Å². The largest absolute Gasteiger partial charge is 0.405 e. The molecular weight excluding hydrogens is 122 g/mol. The molecule has 0 rings (SSSR count). The van der Waals surface area contributed by atoms with Gasteiger partial charge in [-0.25, -0.2) is 0 Å². The van der Waals surface area contributed by atoms with Crippen LogP contribution in [0.25, 0.3) is 0 Å². The SMILES string of the molecule is CC(C)(C)C#CCC=CN. The fraction of sp³-hybridized carbons (Fsp3) is 0.556. The fourth-order valence-corrected chi connectivity index (χ4v) is 0.443. The van der Waals surface area contributed by atoms with Crippen molar-refractivity contribution in [3.05, 3.63) is 12.3 Å². The predicted octanol–water partition coefficient (Wildman–Crippen LogP) is 1.90. The van der Waals surface area contributed by atoms with E-state index in [0.717, 1.165) is 6.42 Å². The number of allylic oxidation sites excluding steroid dienone is 1. The minimum Gasteiger partial charge on any atom is -0.405 e. The Bertz CT molecular complexity index is 161. The molecule has 0 spiro atoms. The molecule has 0 saturated heterocycles. The van der Waals surface area contributed by atoms with Crippen molar-refractivity contribution in [2.45, 2.75) is 27.2 Å². The summed E-state index contributed by atoms with van der Waals surface area (Å²) in [6.45, 7) is 6.27. The van der Waals surface area contributed by atoms with Crippen LogP contribution in [0.15, 0.2) is 12.3 Å². The van der Waals surface area contributed by atoms with E-state index in [-0.39, 0.29) is 5.41 Å². The molecule has 1 nitrogen and oxygen atoms in total. The highest BCUT2D eigenvalue weighted by molar-refractivity contribution is 5.09. The van der Waals surface area contributed by atoms with E-state index in [1.807, 2.05) is 6.08 Å². The Kier molecular flexibility index (Phi) is 3.64. The molecule has 0 aliphatic heterocycles. The predicted molar refractivity (Wildman–Crippen MR) is 45.2 cm³/mol. The van der Waals surface area contributed by atoms with E-state index in [1.165, 1.54) is 6.20 Å². The molecule has 0 saturated carbocycles. The molecule has 0 heterocycles. The number of hydrogen-bond acceptors (Lipinski definition) is 1. The van der Waals surface area contributed by atoms with Crippen molar-refractivity contribution in [3.8, 4) is 11.8 Å². The van der Waals surface area contributed by atoms with E-state index >= 15 is 0 Å². The van der Waals surface area contributed by atoms with Crippen LogP contribution in [0, 0.1) is 17.3 Å². The highest BCUT2D eigenvalue weighted by atomic mass is 14.5. The fourth-order valence-electron chi connectivity index (χ4n) is 0.443. The molecule has 1 heteroatoms. The average Bonchev–Trinajstić information content (AvgIpc) is 1.78. The van der Waals surface area contributed by atoms with Crippen LogP contribution in [0.3, 0.4) is 0 Å². The number of nitrogens with two attached hydrogens (primary N) is 1. The highest BCUT2D eigenvalue weighted by Gasteiger charge is 2.02. The summed E-state index contributed by atoms with van der Waals surface area (Å²) in [6.07, 6.45) is 4.13. The summed E-state index contributed by atoms with van der Waals surface area (Å²) < 4.78 is 0. The third kappa shape index (κ3) is 7.10. The van der Waals surface area contributed by atoms with Crippen LogP contribution in [-0.4, -0.2) is 0 Å². The monoisotopic (exact) mass is 137 g/mol. The minimum absolute atomic E-state index is 0.114. The lowest BCUT2D eigenvalue weighted by Crippen LogP contribution is -1.98. The molecule has 0 radical (unpaired) electrons. The van der Waals surface area contributed by atoms with Gasteiger partial charge >= 0.3 is 0 Å². The maximum atomic E-state index is 5.13. The first-order chi connectivity index (χ1) is 4.56. The van der Waals surface area contributed by atoms with E-state index in [4.69, 9.17) is 5.73 Å². The highest BCUT2D eigenvalue weighted by Crippen LogP contribution is 2.09. The Morgan fingerprint density at radius 3 is 2.40 bits per heavy atom. The lowest BCUT2D eigenvalue weighted by molar-refractivity contribution is 0.570. The molecule has 0 aliphatic carbocycles. The zero-order valence-corrected chi connectivity index (χ0v) is 6.94. The quantitative estimate of drug-likeness (QED) is 0.549. The molecule has 56 valence electrons. The van der Waals surface area contributed by atoms with Gasteiger partial charge in [-0.2, -0.15) is 0 Å². The zero-order valence-electron chi connectivity index (χ0n) is 6.94. The molecule has 0 atom stereocenters. The van der Waals surface area contributed by atoms with Crippen molar-refractivity contribution in [1.29, 1.82) is 0 Å². The number of rotatable bonds is 1. The average molecular weight is 137 g/mol. The van der Waals surface area contributed by atoms with Crippen molar-refractivity contribution < 1.29 is 0 Å². The van der Waals surface area contributed by atoms with Crippen LogP contribution in [0.4, 0.5) is 0 Å². The second-order valence-corrected chi connectivity index (χ2v) is 3.18. The van der Waals surface area contributed by atoms with Crippen LogP contribution >= 0.6 is 0 Å². The van der Waals surface area contributed by atoms with Gasteiger partial charge in [0.05, 0.1) is 0 Å². The van der Waals surface area contributed by atoms with Crippen LogP contribution < -0.4 is 5.73 Å². The lowest BCUT2D eigenvalue weighted by Gasteiger charge is -2.06. The van der Waals surface area contributed by atoms with Crippen LogP contribution in [0.2, 0.25) is 0 Å². The van der Waals surface area contributed by atoms with Crippen LogP contribution in [-0.2, 0) is 0 Å². The van der Waals surface area contributed by atoms with Crippen molar-refractivity contribution >= 4 is 0 Å². The molecule has 0 aromatic heterocycles. The first-order valence-electron chi connectivity index (χ1n) is 3.43. The van der Waals surface area contributed by atoms with Gasteiger partial charge in [-0.15, -0.1) is 0 Å². The summed E-state index contributed by atoms with van der Waals surface area (Å²) in [5.74, 6) is 6.11. The summed E-state index contributed by atoms with van der Waals surface area (Å²) in [5.41, 5.74) is 5.24. The molecule has 0 bridgehead atoms. The van der Waals surface area contributed by atoms with Gasteiger partial charge in [0, 0.05) is 11.8 Å². The summed E-state index contributed by atoms with van der Waals surface area (Å²) in [4.78, 5) is 0. The maximum absolute atomic E-state index is 5.13. The first-order valence-corrected chi connectivity index (χ1v) is 3.43. The van der Waals surface area contributed by atoms with E-state index in [9.17, 15) is 0 Å². The third-order valence-electron chi connectivity index (χ3n) is 0.819. The Labute approximate surface area is 63.3 Å². The van der Waals surface area contributed by atoms with Gasteiger partial charge in [0.15, 0.2) is 0 Å². The standard InChI is InChI=1S/C9H15N/c1-9(2,3)7-5-4-6-8-10/h6,8H,4,10H2,1-3H3. The lowest BCUT2D eigenvalue weighted by atomic mass is 9.98. The van der Waals surface area contributed by atoms with Crippen LogP contribution in [0.5, 0.6) is 0 Å². The van der Waals surface area contributed by atoms with E-state index in [2.05, 4.69) is 32.6 Å². The van der Waals surface area contributed by atoms with Crippen LogP contribution in [0.1, 0.15) is 27.2 Å². The van der Waals surface area contributed by atoms with E-state index in [1.54, 1.807) is 0 Å². The number of hydrogen-bond donors (Lipinski definition) is 1. The molecule has 0 aromatic rings. The minimum atomic E-state index is 0.114. The van der Waals surface area contributed by atoms with Gasteiger partial charge in [-0.05, 0) is 27.0 Å². The molecule has 10 heavy (non-hydrogen) atoms.